The van der Waals surface area contributed by atoms with Crippen LogP contribution in [0, 0.1) is 6.92 Å². The molecule has 100 valence electrons. The first kappa shape index (κ1) is 13.1. The number of nitrogens with zero attached hydrogens (tertiary/aromatic N) is 3. The molecule has 1 atom stereocenters. The number of nitrogens with one attached hydrogen (secondary N) is 2. The second kappa shape index (κ2) is 6.00. The van der Waals surface area contributed by atoms with Crippen molar-refractivity contribution in [2.24, 2.45) is 0 Å². The Hall–Kier alpha value is -1.36. The minimum absolute atomic E-state index is 0.680. The molecule has 0 spiro atoms. The molecule has 18 heavy (non-hydrogen) atoms. The maximum absolute atomic E-state index is 4.48. The van der Waals surface area contributed by atoms with Crippen LogP contribution in [0.3, 0.4) is 0 Å². The number of anilines is 2. The Labute approximate surface area is 109 Å². The molecule has 0 saturated carbocycles. The van der Waals surface area contributed by atoms with Gasteiger partial charge in [0.15, 0.2) is 0 Å². The van der Waals surface area contributed by atoms with Crippen molar-refractivity contribution in [3.8, 4) is 0 Å². The molecular weight excluding hydrogens is 226 g/mol. The molecule has 1 aliphatic heterocycles. The highest BCUT2D eigenvalue weighted by molar-refractivity contribution is 5.48. The third kappa shape index (κ3) is 3.32. The van der Waals surface area contributed by atoms with Crippen molar-refractivity contribution in [3.63, 3.8) is 0 Å². The lowest BCUT2D eigenvalue weighted by Crippen LogP contribution is -2.29. The van der Waals surface area contributed by atoms with Crippen molar-refractivity contribution >= 4 is 11.6 Å². The van der Waals surface area contributed by atoms with Gasteiger partial charge in [0.25, 0.3) is 0 Å². The van der Waals surface area contributed by atoms with E-state index in [1.807, 2.05) is 20.0 Å². The maximum atomic E-state index is 4.48. The van der Waals surface area contributed by atoms with E-state index in [0.717, 1.165) is 24.0 Å². The van der Waals surface area contributed by atoms with Gasteiger partial charge in [0.2, 0.25) is 0 Å². The highest BCUT2D eigenvalue weighted by atomic mass is 15.2. The SMILES string of the molecule is CNc1cc(N(C)CCC2CCCN2)nc(C)n1. The number of aryl methyl sites for hydroxylation is 1. The summed E-state index contributed by atoms with van der Waals surface area (Å²) in [6, 6.07) is 2.67. The van der Waals surface area contributed by atoms with Crippen molar-refractivity contribution in [1.29, 1.82) is 0 Å². The molecule has 1 fully saturated rings. The zero-order valence-electron chi connectivity index (χ0n) is 11.5. The van der Waals surface area contributed by atoms with Gasteiger partial charge in [-0.2, -0.15) is 0 Å². The lowest BCUT2D eigenvalue weighted by molar-refractivity contribution is 0.558. The molecule has 2 heterocycles. The first-order chi connectivity index (χ1) is 8.69. The molecule has 2 N–H and O–H groups in total. The molecular formula is C13H23N5. The van der Waals surface area contributed by atoms with Crippen molar-refractivity contribution in [2.75, 3.05) is 37.4 Å². The summed E-state index contributed by atoms with van der Waals surface area (Å²) in [6.45, 7) is 4.12. The van der Waals surface area contributed by atoms with E-state index in [-0.39, 0.29) is 0 Å². The highest BCUT2D eigenvalue weighted by Gasteiger charge is 2.15. The van der Waals surface area contributed by atoms with E-state index in [1.54, 1.807) is 0 Å². The highest BCUT2D eigenvalue weighted by Crippen LogP contribution is 2.16. The van der Waals surface area contributed by atoms with E-state index in [1.165, 1.54) is 25.8 Å². The summed E-state index contributed by atoms with van der Waals surface area (Å²) in [5, 5.41) is 6.60. The average molecular weight is 249 g/mol. The van der Waals surface area contributed by atoms with E-state index in [9.17, 15) is 0 Å². The quantitative estimate of drug-likeness (QED) is 0.826. The van der Waals surface area contributed by atoms with Crippen LogP contribution in [0.1, 0.15) is 25.1 Å². The van der Waals surface area contributed by atoms with E-state index in [2.05, 4.69) is 32.5 Å². The van der Waals surface area contributed by atoms with Crippen LogP contribution in [0.5, 0.6) is 0 Å². The molecule has 0 amide bonds. The van der Waals surface area contributed by atoms with E-state index in [4.69, 9.17) is 0 Å². The number of hydrogen-bond donors (Lipinski definition) is 2. The average Bonchev–Trinajstić information content (AvgIpc) is 2.88. The molecule has 1 aromatic rings. The second-order valence-corrected chi connectivity index (χ2v) is 4.91. The predicted molar refractivity (Wildman–Crippen MR) is 75.2 cm³/mol. The normalized spacial score (nSPS) is 18.9. The van der Waals surface area contributed by atoms with Crippen molar-refractivity contribution in [2.45, 2.75) is 32.2 Å². The summed E-state index contributed by atoms with van der Waals surface area (Å²) >= 11 is 0. The van der Waals surface area contributed by atoms with E-state index < -0.39 is 0 Å². The fourth-order valence-electron chi connectivity index (χ4n) is 2.34. The van der Waals surface area contributed by atoms with Gasteiger partial charge in [-0.05, 0) is 32.7 Å². The Morgan fingerprint density at radius 2 is 2.33 bits per heavy atom. The van der Waals surface area contributed by atoms with Gasteiger partial charge >= 0.3 is 0 Å². The van der Waals surface area contributed by atoms with Gasteiger partial charge in [-0.25, -0.2) is 9.97 Å². The summed E-state index contributed by atoms with van der Waals surface area (Å²) in [5.74, 6) is 2.68. The number of rotatable bonds is 5. The zero-order valence-corrected chi connectivity index (χ0v) is 11.5. The molecule has 1 aliphatic rings. The van der Waals surface area contributed by atoms with Crippen LogP contribution < -0.4 is 15.5 Å². The van der Waals surface area contributed by atoms with Crippen LogP contribution in [-0.2, 0) is 0 Å². The molecule has 2 rings (SSSR count). The minimum atomic E-state index is 0.680. The van der Waals surface area contributed by atoms with Crippen LogP contribution in [0.4, 0.5) is 11.6 Å². The molecule has 1 saturated heterocycles. The molecule has 5 heteroatoms. The van der Waals surface area contributed by atoms with Gasteiger partial charge < -0.3 is 15.5 Å². The van der Waals surface area contributed by atoms with Crippen molar-refractivity contribution < 1.29 is 0 Å². The Bertz CT molecular complexity index is 387. The Kier molecular flexibility index (Phi) is 4.36. The first-order valence-corrected chi connectivity index (χ1v) is 6.67. The van der Waals surface area contributed by atoms with Gasteiger partial charge in [0, 0.05) is 32.7 Å². The molecule has 0 radical (unpaired) electrons. The fraction of sp³-hybridized carbons (Fsp3) is 0.692. The third-order valence-corrected chi connectivity index (χ3v) is 3.45. The summed E-state index contributed by atoms with van der Waals surface area (Å²) in [6.07, 6.45) is 3.79. The Balaban J connectivity index is 1.94. The van der Waals surface area contributed by atoms with Crippen LogP contribution in [0.15, 0.2) is 6.07 Å². The van der Waals surface area contributed by atoms with Gasteiger partial charge in [0.1, 0.15) is 17.5 Å². The summed E-state index contributed by atoms with van der Waals surface area (Å²) in [4.78, 5) is 11.0. The van der Waals surface area contributed by atoms with Crippen molar-refractivity contribution in [1.82, 2.24) is 15.3 Å². The van der Waals surface area contributed by atoms with E-state index >= 15 is 0 Å². The fourth-order valence-corrected chi connectivity index (χ4v) is 2.34. The second-order valence-electron chi connectivity index (χ2n) is 4.91. The van der Waals surface area contributed by atoms with Gasteiger partial charge in [-0.1, -0.05) is 0 Å². The summed E-state index contributed by atoms with van der Waals surface area (Å²) in [7, 11) is 3.98. The Morgan fingerprint density at radius 3 is 3.00 bits per heavy atom. The third-order valence-electron chi connectivity index (χ3n) is 3.45. The maximum Gasteiger partial charge on any atom is 0.134 e. The first-order valence-electron chi connectivity index (χ1n) is 6.67. The zero-order chi connectivity index (χ0) is 13.0. The van der Waals surface area contributed by atoms with Crippen LogP contribution in [0.2, 0.25) is 0 Å². The standard InChI is InChI=1S/C13H23N5/c1-10-16-12(14-2)9-13(17-10)18(3)8-6-11-5-4-7-15-11/h9,11,15H,4-8H2,1-3H3,(H,14,16,17). The Morgan fingerprint density at radius 1 is 1.50 bits per heavy atom. The summed E-state index contributed by atoms with van der Waals surface area (Å²) < 4.78 is 0. The van der Waals surface area contributed by atoms with Gasteiger partial charge in [-0.3, -0.25) is 0 Å². The van der Waals surface area contributed by atoms with Gasteiger partial charge in [-0.15, -0.1) is 0 Å². The van der Waals surface area contributed by atoms with Crippen LogP contribution in [0.25, 0.3) is 0 Å². The largest absolute Gasteiger partial charge is 0.373 e. The summed E-state index contributed by atoms with van der Waals surface area (Å²) in [5.41, 5.74) is 0. The molecule has 1 unspecified atom stereocenters. The number of hydrogen-bond acceptors (Lipinski definition) is 5. The lowest BCUT2D eigenvalue weighted by Gasteiger charge is -2.21. The minimum Gasteiger partial charge on any atom is -0.373 e. The van der Waals surface area contributed by atoms with Crippen LogP contribution in [-0.4, -0.2) is 43.2 Å². The number of aromatic nitrogens is 2. The monoisotopic (exact) mass is 249 g/mol. The molecule has 0 aliphatic carbocycles. The molecule has 5 nitrogen and oxygen atoms in total. The molecule has 0 bridgehead atoms. The lowest BCUT2D eigenvalue weighted by atomic mass is 10.1. The topological polar surface area (TPSA) is 53.1 Å². The predicted octanol–water partition coefficient (Wildman–Crippen LogP) is 1.41. The van der Waals surface area contributed by atoms with Gasteiger partial charge in [0.05, 0.1) is 0 Å². The molecule has 1 aromatic heterocycles. The van der Waals surface area contributed by atoms with E-state index in [0.29, 0.717) is 6.04 Å². The van der Waals surface area contributed by atoms with Crippen molar-refractivity contribution in [3.05, 3.63) is 11.9 Å². The smallest absolute Gasteiger partial charge is 0.134 e. The molecule has 0 aromatic carbocycles. The van der Waals surface area contributed by atoms with Crippen LogP contribution >= 0.6 is 0 Å².